The van der Waals surface area contributed by atoms with E-state index >= 15 is 0 Å². The van der Waals surface area contributed by atoms with E-state index in [1.165, 1.54) is 25.0 Å². The summed E-state index contributed by atoms with van der Waals surface area (Å²) in [6.07, 6.45) is 2.58. The van der Waals surface area contributed by atoms with Crippen molar-refractivity contribution in [2.45, 2.75) is 38.8 Å². The molecule has 2 heteroatoms. The highest BCUT2D eigenvalue weighted by atomic mass is 15.0. The average molecular weight is 168 g/mol. The first kappa shape index (κ1) is 9.75. The molecule has 0 aromatic heterocycles. The van der Waals surface area contributed by atoms with Crippen molar-refractivity contribution in [2.24, 2.45) is 0 Å². The lowest BCUT2D eigenvalue weighted by atomic mass is 10.00. The predicted molar refractivity (Wildman–Crippen MR) is 53.3 cm³/mol. The Morgan fingerprint density at radius 3 is 3.00 bits per heavy atom. The van der Waals surface area contributed by atoms with Crippen molar-refractivity contribution >= 4 is 0 Å². The SMILES string of the molecule is C=C(C)CNC1CCCNC1C. The largest absolute Gasteiger partial charge is 0.313 e. The molecule has 1 fully saturated rings. The lowest BCUT2D eigenvalue weighted by Gasteiger charge is -2.30. The number of hydrogen-bond acceptors (Lipinski definition) is 2. The van der Waals surface area contributed by atoms with Crippen LogP contribution in [-0.2, 0) is 0 Å². The van der Waals surface area contributed by atoms with E-state index < -0.39 is 0 Å². The summed E-state index contributed by atoms with van der Waals surface area (Å²) in [5.41, 5.74) is 1.22. The van der Waals surface area contributed by atoms with Crippen LogP contribution >= 0.6 is 0 Å². The van der Waals surface area contributed by atoms with Crippen molar-refractivity contribution in [3.05, 3.63) is 12.2 Å². The molecular formula is C10H20N2. The van der Waals surface area contributed by atoms with Crippen LogP contribution in [0.5, 0.6) is 0 Å². The van der Waals surface area contributed by atoms with E-state index in [0.717, 1.165) is 6.54 Å². The Balaban J connectivity index is 2.24. The summed E-state index contributed by atoms with van der Waals surface area (Å²) in [6.45, 7) is 10.3. The molecule has 0 aromatic carbocycles. The minimum atomic E-state index is 0.609. The van der Waals surface area contributed by atoms with Gasteiger partial charge >= 0.3 is 0 Å². The van der Waals surface area contributed by atoms with Gasteiger partial charge in [-0.05, 0) is 33.2 Å². The Morgan fingerprint density at radius 2 is 2.42 bits per heavy atom. The molecule has 0 radical (unpaired) electrons. The molecule has 0 saturated carbocycles. The number of nitrogens with one attached hydrogen (secondary N) is 2. The number of hydrogen-bond donors (Lipinski definition) is 2. The third-order valence-electron chi connectivity index (χ3n) is 2.43. The molecule has 1 aliphatic rings. The Labute approximate surface area is 75.4 Å². The van der Waals surface area contributed by atoms with Gasteiger partial charge in [-0.25, -0.2) is 0 Å². The zero-order chi connectivity index (χ0) is 8.97. The number of piperidine rings is 1. The van der Waals surface area contributed by atoms with Gasteiger partial charge in [0.1, 0.15) is 0 Å². The molecular weight excluding hydrogens is 148 g/mol. The van der Waals surface area contributed by atoms with Gasteiger partial charge in [-0.3, -0.25) is 0 Å². The van der Waals surface area contributed by atoms with Gasteiger partial charge in [-0.15, -0.1) is 0 Å². The highest BCUT2D eigenvalue weighted by Crippen LogP contribution is 2.07. The highest BCUT2D eigenvalue weighted by Gasteiger charge is 2.19. The zero-order valence-corrected chi connectivity index (χ0v) is 8.19. The van der Waals surface area contributed by atoms with Crippen molar-refractivity contribution in [1.29, 1.82) is 0 Å². The normalized spacial score (nSPS) is 30.2. The second kappa shape index (κ2) is 4.63. The minimum absolute atomic E-state index is 0.609. The molecule has 1 saturated heterocycles. The van der Waals surface area contributed by atoms with Gasteiger partial charge in [0.25, 0.3) is 0 Å². The number of rotatable bonds is 3. The van der Waals surface area contributed by atoms with Crippen LogP contribution in [0.4, 0.5) is 0 Å². The molecule has 2 N–H and O–H groups in total. The van der Waals surface area contributed by atoms with Crippen LogP contribution in [0.15, 0.2) is 12.2 Å². The molecule has 0 aromatic rings. The van der Waals surface area contributed by atoms with Crippen LogP contribution in [0.2, 0.25) is 0 Å². The van der Waals surface area contributed by atoms with Gasteiger partial charge in [0, 0.05) is 18.6 Å². The maximum Gasteiger partial charge on any atom is 0.0222 e. The molecule has 12 heavy (non-hydrogen) atoms. The molecule has 2 nitrogen and oxygen atoms in total. The van der Waals surface area contributed by atoms with Crippen LogP contribution in [0.25, 0.3) is 0 Å². The van der Waals surface area contributed by atoms with Crippen molar-refractivity contribution in [3.63, 3.8) is 0 Å². The Kier molecular flexibility index (Phi) is 3.76. The van der Waals surface area contributed by atoms with Crippen molar-refractivity contribution in [3.8, 4) is 0 Å². The topological polar surface area (TPSA) is 24.1 Å². The van der Waals surface area contributed by atoms with Crippen LogP contribution < -0.4 is 10.6 Å². The lowest BCUT2D eigenvalue weighted by Crippen LogP contribution is -2.50. The molecule has 0 bridgehead atoms. The Morgan fingerprint density at radius 1 is 1.67 bits per heavy atom. The van der Waals surface area contributed by atoms with E-state index in [0.29, 0.717) is 12.1 Å². The summed E-state index contributed by atoms with van der Waals surface area (Å²) in [7, 11) is 0. The summed E-state index contributed by atoms with van der Waals surface area (Å²) in [5.74, 6) is 0. The summed E-state index contributed by atoms with van der Waals surface area (Å²) in [4.78, 5) is 0. The Bertz CT molecular complexity index is 154. The fraction of sp³-hybridized carbons (Fsp3) is 0.800. The minimum Gasteiger partial charge on any atom is -0.313 e. The van der Waals surface area contributed by atoms with Crippen LogP contribution in [-0.4, -0.2) is 25.2 Å². The third-order valence-corrected chi connectivity index (χ3v) is 2.43. The molecule has 0 spiro atoms. The molecule has 2 atom stereocenters. The monoisotopic (exact) mass is 168 g/mol. The van der Waals surface area contributed by atoms with Gasteiger partial charge in [-0.2, -0.15) is 0 Å². The molecule has 1 heterocycles. The van der Waals surface area contributed by atoms with Gasteiger partial charge < -0.3 is 10.6 Å². The summed E-state index contributed by atoms with van der Waals surface area (Å²) in [6, 6.07) is 1.24. The van der Waals surface area contributed by atoms with Gasteiger partial charge in [0.05, 0.1) is 0 Å². The average Bonchev–Trinajstić information content (AvgIpc) is 2.03. The Hall–Kier alpha value is -0.340. The lowest BCUT2D eigenvalue weighted by molar-refractivity contribution is 0.324. The molecule has 0 aliphatic carbocycles. The first-order valence-electron chi connectivity index (χ1n) is 4.81. The fourth-order valence-electron chi connectivity index (χ4n) is 1.63. The van der Waals surface area contributed by atoms with Crippen molar-refractivity contribution < 1.29 is 0 Å². The third kappa shape index (κ3) is 2.95. The molecule has 2 unspecified atom stereocenters. The van der Waals surface area contributed by atoms with E-state index in [9.17, 15) is 0 Å². The summed E-state index contributed by atoms with van der Waals surface area (Å²) < 4.78 is 0. The predicted octanol–water partition coefficient (Wildman–Crippen LogP) is 1.29. The molecule has 70 valence electrons. The van der Waals surface area contributed by atoms with Crippen molar-refractivity contribution in [2.75, 3.05) is 13.1 Å². The van der Waals surface area contributed by atoms with Crippen LogP contribution in [0.1, 0.15) is 26.7 Å². The fourth-order valence-corrected chi connectivity index (χ4v) is 1.63. The standard InChI is InChI=1S/C10H20N2/c1-8(2)7-12-10-5-4-6-11-9(10)3/h9-12H,1,4-7H2,2-3H3. The smallest absolute Gasteiger partial charge is 0.0222 e. The van der Waals surface area contributed by atoms with E-state index in [1.54, 1.807) is 0 Å². The molecule has 1 aliphatic heterocycles. The van der Waals surface area contributed by atoms with E-state index in [1.807, 2.05) is 0 Å². The first-order chi connectivity index (χ1) is 5.70. The van der Waals surface area contributed by atoms with E-state index in [4.69, 9.17) is 0 Å². The second-order valence-electron chi connectivity index (χ2n) is 3.83. The second-order valence-corrected chi connectivity index (χ2v) is 3.83. The highest BCUT2D eigenvalue weighted by molar-refractivity contribution is 4.94. The molecule has 0 amide bonds. The maximum absolute atomic E-state index is 3.88. The van der Waals surface area contributed by atoms with Crippen molar-refractivity contribution in [1.82, 2.24) is 10.6 Å². The van der Waals surface area contributed by atoms with E-state index in [2.05, 4.69) is 31.1 Å². The summed E-state index contributed by atoms with van der Waals surface area (Å²) in [5, 5.41) is 6.97. The first-order valence-corrected chi connectivity index (χ1v) is 4.81. The van der Waals surface area contributed by atoms with Crippen LogP contribution in [0, 0.1) is 0 Å². The van der Waals surface area contributed by atoms with Crippen LogP contribution in [0.3, 0.4) is 0 Å². The quantitative estimate of drug-likeness (QED) is 0.621. The zero-order valence-electron chi connectivity index (χ0n) is 8.19. The van der Waals surface area contributed by atoms with E-state index in [-0.39, 0.29) is 0 Å². The maximum atomic E-state index is 3.88. The van der Waals surface area contributed by atoms with Gasteiger partial charge in [0.2, 0.25) is 0 Å². The van der Waals surface area contributed by atoms with Gasteiger partial charge in [0.15, 0.2) is 0 Å². The van der Waals surface area contributed by atoms with Gasteiger partial charge in [-0.1, -0.05) is 12.2 Å². The summed E-state index contributed by atoms with van der Waals surface area (Å²) >= 11 is 0. The molecule has 1 rings (SSSR count).